The maximum atomic E-state index is 11.3. The average molecular weight is 242 g/mol. The van der Waals surface area contributed by atoms with Crippen LogP contribution in [0.3, 0.4) is 0 Å². The molecule has 0 spiro atoms. The number of H-pyrrole nitrogens is 2. The van der Waals surface area contributed by atoms with Gasteiger partial charge in [-0.25, -0.2) is 9.78 Å². The van der Waals surface area contributed by atoms with Crippen molar-refractivity contribution in [3.63, 3.8) is 0 Å². The number of aliphatic carboxylic acids is 1. The molecule has 0 atom stereocenters. The van der Waals surface area contributed by atoms with Crippen molar-refractivity contribution in [1.82, 2.24) is 18.9 Å². The number of rotatable bonds is 3. The lowest BCUT2D eigenvalue weighted by Crippen LogP contribution is -2.22. The lowest BCUT2D eigenvalue weighted by atomic mass is 10.5. The van der Waals surface area contributed by atoms with Crippen LogP contribution in [0.2, 0.25) is 0 Å². The van der Waals surface area contributed by atoms with Gasteiger partial charge in [0.25, 0.3) is 5.56 Å². The maximum absolute atomic E-state index is 11.3. The number of nitrogens with one attached hydrogen (secondary N) is 2. The second-order valence-corrected chi connectivity index (χ2v) is 3.78. The molecule has 3 N–H and O–H groups in total. The highest BCUT2D eigenvalue weighted by Gasteiger charge is 2.09. The summed E-state index contributed by atoms with van der Waals surface area (Å²) in [6.45, 7) is 0. The lowest BCUT2D eigenvalue weighted by Gasteiger charge is -1.98. The van der Waals surface area contributed by atoms with Crippen molar-refractivity contribution in [2.24, 2.45) is 0 Å². The molecule has 0 amide bonds. The van der Waals surface area contributed by atoms with Crippen LogP contribution in [-0.2, 0) is 4.79 Å². The molecule has 0 aromatic carbocycles. The molecule has 2 heterocycles. The smallest absolute Gasteiger partial charge is 0.327 e. The van der Waals surface area contributed by atoms with Crippen LogP contribution in [0, 0.1) is 0 Å². The van der Waals surface area contributed by atoms with E-state index in [4.69, 9.17) is 5.11 Å². The number of carboxylic acid groups (broad SMARTS) is 1. The third-order valence-electron chi connectivity index (χ3n) is 1.74. The van der Waals surface area contributed by atoms with Gasteiger partial charge >= 0.3 is 11.7 Å². The molecule has 16 heavy (non-hydrogen) atoms. The first kappa shape index (κ1) is 10.5. The quantitative estimate of drug-likeness (QED) is 0.634. The van der Waals surface area contributed by atoms with Gasteiger partial charge in [0.15, 0.2) is 11.2 Å². The van der Waals surface area contributed by atoms with Crippen LogP contribution < -0.4 is 11.2 Å². The highest BCUT2D eigenvalue weighted by atomic mass is 32.2. The molecule has 84 valence electrons. The summed E-state index contributed by atoms with van der Waals surface area (Å²) in [4.78, 5) is 40.8. The molecule has 2 rings (SSSR count). The van der Waals surface area contributed by atoms with E-state index in [0.29, 0.717) is 0 Å². The van der Waals surface area contributed by atoms with Gasteiger partial charge in [0, 0.05) is 0 Å². The number of hydrogen-bond acceptors (Lipinski definition) is 5. The topological polar surface area (TPSA) is 121 Å². The zero-order valence-corrected chi connectivity index (χ0v) is 8.58. The van der Waals surface area contributed by atoms with E-state index in [9.17, 15) is 14.4 Å². The van der Waals surface area contributed by atoms with Gasteiger partial charge < -0.3 is 5.11 Å². The van der Waals surface area contributed by atoms with E-state index in [1.165, 1.54) is 10.3 Å². The van der Waals surface area contributed by atoms with Crippen LogP contribution in [-0.4, -0.2) is 35.8 Å². The second-order valence-electron chi connectivity index (χ2n) is 2.84. The van der Waals surface area contributed by atoms with E-state index in [0.717, 1.165) is 11.9 Å². The van der Waals surface area contributed by atoms with E-state index in [-0.39, 0.29) is 16.9 Å². The van der Waals surface area contributed by atoms with Gasteiger partial charge in [-0.15, -0.1) is 0 Å². The summed E-state index contributed by atoms with van der Waals surface area (Å²) >= 11 is 0.914. The van der Waals surface area contributed by atoms with Gasteiger partial charge in [-0.2, -0.15) is 0 Å². The summed E-state index contributed by atoms with van der Waals surface area (Å²) in [7, 11) is 0. The summed E-state index contributed by atoms with van der Waals surface area (Å²) in [6.07, 6.45) is 1.28. The number of aromatic amines is 2. The molecule has 0 aliphatic carbocycles. The van der Waals surface area contributed by atoms with Crippen LogP contribution in [0.1, 0.15) is 0 Å². The molecule has 0 radical (unpaired) electrons. The van der Waals surface area contributed by atoms with E-state index in [2.05, 4.69) is 9.97 Å². The number of carboxylic acids is 1. The predicted molar refractivity (Wildman–Crippen MR) is 56.5 cm³/mol. The summed E-state index contributed by atoms with van der Waals surface area (Å²) in [5, 5.41) is 8.50. The minimum absolute atomic E-state index is 0.0671. The molecular weight excluding hydrogens is 236 g/mol. The minimum atomic E-state index is -1.00. The van der Waals surface area contributed by atoms with Gasteiger partial charge in [0.1, 0.15) is 12.1 Å². The highest BCUT2D eigenvalue weighted by Crippen LogP contribution is 2.11. The fourth-order valence-electron chi connectivity index (χ4n) is 1.14. The molecule has 2 aromatic heterocycles. The van der Waals surface area contributed by atoms with Gasteiger partial charge in [-0.1, -0.05) is 0 Å². The third-order valence-corrected chi connectivity index (χ3v) is 2.67. The van der Waals surface area contributed by atoms with Crippen LogP contribution in [0.4, 0.5) is 0 Å². The highest BCUT2D eigenvalue weighted by molar-refractivity contribution is 7.98. The summed E-state index contributed by atoms with van der Waals surface area (Å²) < 4.78 is 1.33. The lowest BCUT2D eigenvalue weighted by molar-refractivity contribution is -0.133. The Bertz CT molecular complexity index is 654. The Balaban J connectivity index is 2.52. The van der Waals surface area contributed by atoms with Crippen molar-refractivity contribution in [2.75, 3.05) is 5.75 Å². The van der Waals surface area contributed by atoms with E-state index < -0.39 is 17.2 Å². The summed E-state index contributed by atoms with van der Waals surface area (Å²) in [5.41, 5.74) is -0.999. The Morgan fingerprint density at radius 2 is 2.25 bits per heavy atom. The number of aromatic nitrogens is 4. The minimum Gasteiger partial charge on any atom is -0.481 e. The largest absolute Gasteiger partial charge is 0.481 e. The Hall–Kier alpha value is -2.03. The van der Waals surface area contributed by atoms with Gasteiger partial charge in [0.2, 0.25) is 0 Å². The van der Waals surface area contributed by atoms with Gasteiger partial charge in [0.05, 0.1) is 0 Å². The van der Waals surface area contributed by atoms with Crippen LogP contribution in [0.15, 0.2) is 15.9 Å². The van der Waals surface area contributed by atoms with E-state index in [1.54, 1.807) is 0 Å². The van der Waals surface area contributed by atoms with Crippen LogP contribution >= 0.6 is 11.9 Å². The Kier molecular flexibility index (Phi) is 2.52. The molecule has 0 fully saturated rings. The fourth-order valence-corrected chi connectivity index (χ4v) is 1.76. The average Bonchev–Trinajstić information content (AvgIpc) is 2.58. The second kappa shape index (κ2) is 3.85. The van der Waals surface area contributed by atoms with Crippen molar-refractivity contribution in [3.05, 3.63) is 27.2 Å². The Morgan fingerprint density at radius 3 is 2.94 bits per heavy atom. The van der Waals surface area contributed by atoms with Crippen molar-refractivity contribution in [2.45, 2.75) is 0 Å². The third kappa shape index (κ3) is 1.84. The van der Waals surface area contributed by atoms with Gasteiger partial charge in [-0.05, 0) is 11.9 Å². The molecule has 0 saturated carbocycles. The number of carbonyl (C=O) groups is 1. The number of fused-ring (bicyclic) bond motifs is 1. The maximum Gasteiger partial charge on any atom is 0.327 e. The molecule has 0 bridgehead atoms. The molecular formula is C7H6N4O4S. The monoisotopic (exact) mass is 242 g/mol. The van der Waals surface area contributed by atoms with Gasteiger partial charge in [-0.3, -0.25) is 23.5 Å². The molecule has 0 saturated heterocycles. The van der Waals surface area contributed by atoms with Crippen molar-refractivity contribution < 1.29 is 9.90 Å². The zero-order chi connectivity index (χ0) is 11.7. The number of nitrogens with zero attached hydrogens (tertiary/aromatic N) is 2. The first-order valence-electron chi connectivity index (χ1n) is 4.12. The Morgan fingerprint density at radius 1 is 1.50 bits per heavy atom. The van der Waals surface area contributed by atoms with Crippen molar-refractivity contribution >= 4 is 29.1 Å². The molecule has 0 aliphatic rings. The molecule has 0 aliphatic heterocycles. The fraction of sp³-hybridized carbons (Fsp3) is 0.143. The Labute approximate surface area is 91.5 Å². The normalized spacial score (nSPS) is 10.8. The summed E-state index contributed by atoms with van der Waals surface area (Å²) in [5.74, 6) is -1.20. The number of hydrogen-bond donors (Lipinski definition) is 3. The zero-order valence-electron chi connectivity index (χ0n) is 7.76. The van der Waals surface area contributed by atoms with Crippen molar-refractivity contribution in [1.29, 1.82) is 0 Å². The molecule has 0 unspecified atom stereocenters. The molecule has 8 nitrogen and oxygen atoms in total. The van der Waals surface area contributed by atoms with Crippen molar-refractivity contribution in [3.8, 4) is 0 Å². The van der Waals surface area contributed by atoms with E-state index >= 15 is 0 Å². The first-order valence-corrected chi connectivity index (χ1v) is 5.07. The molecule has 9 heteroatoms. The first-order chi connectivity index (χ1) is 7.58. The van der Waals surface area contributed by atoms with Crippen LogP contribution in [0.25, 0.3) is 11.2 Å². The number of imidazole rings is 1. The molecule has 2 aromatic rings. The van der Waals surface area contributed by atoms with E-state index in [1.807, 2.05) is 4.98 Å². The SMILES string of the molecule is O=C(O)CSn1cnc2c(=O)[nH]c(=O)[nH]c21. The van der Waals surface area contributed by atoms with Crippen LogP contribution in [0.5, 0.6) is 0 Å². The summed E-state index contributed by atoms with van der Waals surface area (Å²) in [6, 6.07) is 0. The standard InChI is InChI=1S/C7H6N4O4S/c12-3(13)1-16-11-2-8-4-5(11)9-7(15)10-6(4)14/h2H,1H2,(H,12,13)(H2,9,10,14,15). The predicted octanol–water partition coefficient (Wildman–Crippen LogP) is -1.01.